The number of rotatable bonds is 11. The summed E-state index contributed by atoms with van der Waals surface area (Å²) in [5, 5.41) is 11.3. The van der Waals surface area contributed by atoms with E-state index in [4.69, 9.17) is 21.3 Å². The summed E-state index contributed by atoms with van der Waals surface area (Å²) in [5.74, 6) is -0.305. The second kappa shape index (κ2) is 17.5. The second-order valence-electron chi connectivity index (χ2n) is 10.6. The first-order valence-electron chi connectivity index (χ1n) is 14.4. The number of hydrogen-bond donors (Lipinski definition) is 4. The van der Waals surface area contributed by atoms with Gasteiger partial charge in [-0.1, -0.05) is 18.9 Å². The molecule has 2 aliphatic carbocycles. The molecular weight excluding hydrogens is 566 g/mol. The van der Waals surface area contributed by atoms with E-state index in [2.05, 4.69) is 21.3 Å². The van der Waals surface area contributed by atoms with Crippen LogP contribution in [0.5, 0.6) is 0 Å². The number of allylic oxidation sites excluding steroid dienone is 3. The molecule has 3 unspecified atom stereocenters. The SMILES string of the molecule is CCC/C(=C\C(F)(F)F)CC/C(=C\C(=O)NC(=NC1CCC(NC(=O)OCC)CC1)NC1CC(F)CC(Cl)C1)NC. The lowest BCUT2D eigenvalue weighted by molar-refractivity contribution is -0.115. The monoisotopic (exact) mass is 609 g/mol. The standard InChI is InChI=1S/C28H44ClF4N5O3/c1-4-6-18(17-28(31,32)33)7-8-23(34-3)16-25(39)38-26(36-24-14-19(29)13-20(30)15-24)35-21-9-11-22(12-10-21)37-27(40)41-5-2/h16-17,19-22,24,34H,4-15H2,1-3H3,(H,37,40)(H2,35,36,38,39)/b18-17+,23-16+. The van der Waals surface area contributed by atoms with E-state index in [1.54, 1.807) is 14.0 Å². The summed E-state index contributed by atoms with van der Waals surface area (Å²) < 4.78 is 57.8. The fraction of sp³-hybridized carbons (Fsp3) is 0.750. The molecule has 2 saturated carbocycles. The van der Waals surface area contributed by atoms with Gasteiger partial charge in [0.1, 0.15) is 6.17 Å². The number of nitrogens with one attached hydrogen (secondary N) is 4. The number of aliphatic imine (C=N–C) groups is 1. The Bertz CT molecular complexity index is 926. The van der Waals surface area contributed by atoms with Crippen LogP contribution in [0.25, 0.3) is 0 Å². The van der Waals surface area contributed by atoms with Crippen LogP contribution in [0.15, 0.2) is 28.4 Å². The van der Waals surface area contributed by atoms with Gasteiger partial charge in [-0.2, -0.15) is 13.2 Å². The zero-order chi connectivity index (χ0) is 30.4. The normalized spacial score (nSPS) is 26.2. The van der Waals surface area contributed by atoms with E-state index < -0.39 is 24.3 Å². The topological polar surface area (TPSA) is 104 Å². The Morgan fingerprint density at radius 1 is 1.00 bits per heavy atom. The highest BCUT2D eigenvalue weighted by molar-refractivity contribution is 6.20. The first-order valence-corrected chi connectivity index (χ1v) is 14.9. The Morgan fingerprint density at radius 2 is 1.71 bits per heavy atom. The van der Waals surface area contributed by atoms with Gasteiger partial charge in [0, 0.05) is 42.4 Å². The van der Waals surface area contributed by atoms with E-state index in [9.17, 15) is 27.2 Å². The fourth-order valence-electron chi connectivity index (χ4n) is 5.17. The van der Waals surface area contributed by atoms with Gasteiger partial charge in [-0.3, -0.25) is 10.1 Å². The molecule has 0 bridgehead atoms. The zero-order valence-electron chi connectivity index (χ0n) is 24.1. The number of carbonyl (C=O) groups excluding carboxylic acids is 2. The van der Waals surface area contributed by atoms with Gasteiger partial charge in [-0.05, 0) is 71.1 Å². The molecule has 8 nitrogen and oxygen atoms in total. The summed E-state index contributed by atoms with van der Waals surface area (Å²) in [6.07, 6.45) is 0.719. The van der Waals surface area contributed by atoms with Crippen molar-refractivity contribution in [2.45, 2.75) is 120 Å². The Kier molecular flexibility index (Phi) is 14.8. The van der Waals surface area contributed by atoms with Crippen LogP contribution < -0.4 is 21.3 Å². The Balaban J connectivity index is 2.10. The van der Waals surface area contributed by atoms with Crippen LogP contribution in [0, 0.1) is 0 Å². The lowest BCUT2D eigenvalue weighted by Gasteiger charge is -2.31. The maximum Gasteiger partial charge on any atom is 0.409 e. The van der Waals surface area contributed by atoms with Crippen molar-refractivity contribution in [1.29, 1.82) is 0 Å². The highest BCUT2D eigenvalue weighted by atomic mass is 35.5. The van der Waals surface area contributed by atoms with Gasteiger partial charge < -0.3 is 20.7 Å². The number of hydrogen-bond acceptors (Lipinski definition) is 5. The Hall–Kier alpha value is -2.50. The molecular formula is C28H44ClF4N5O3. The van der Waals surface area contributed by atoms with E-state index in [1.165, 1.54) is 6.08 Å². The average molecular weight is 610 g/mol. The van der Waals surface area contributed by atoms with E-state index in [1.807, 2.05) is 6.92 Å². The maximum atomic E-state index is 14.2. The van der Waals surface area contributed by atoms with E-state index in [0.717, 1.165) is 0 Å². The van der Waals surface area contributed by atoms with Crippen LogP contribution >= 0.6 is 11.6 Å². The third-order valence-electron chi connectivity index (χ3n) is 7.06. The van der Waals surface area contributed by atoms with Crippen LogP contribution in [0.2, 0.25) is 0 Å². The summed E-state index contributed by atoms with van der Waals surface area (Å²) >= 11 is 6.23. The number of ether oxygens (including phenoxy) is 1. The van der Waals surface area contributed by atoms with Gasteiger partial charge >= 0.3 is 12.3 Å². The minimum absolute atomic E-state index is 0.0285. The fourth-order valence-corrected chi connectivity index (χ4v) is 5.58. The van der Waals surface area contributed by atoms with Gasteiger partial charge in [-0.15, -0.1) is 11.6 Å². The lowest BCUT2D eigenvalue weighted by atomic mass is 9.91. The highest BCUT2D eigenvalue weighted by Crippen LogP contribution is 2.27. The number of halogens is 5. The smallest absolute Gasteiger partial charge is 0.409 e. The van der Waals surface area contributed by atoms with Crippen molar-refractivity contribution in [2.24, 2.45) is 4.99 Å². The second-order valence-corrected chi connectivity index (χ2v) is 11.2. The summed E-state index contributed by atoms with van der Waals surface area (Å²) in [4.78, 5) is 29.4. The maximum absolute atomic E-state index is 14.2. The summed E-state index contributed by atoms with van der Waals surface area (Å²) in [7, 11) is 1.60. The van der Waals surface area contributed by atoms with Crippen molar-refractivity contribution in [1.82, 2.24) is 21.3 Å². The number of guanidine groups is 1. The first-order chi connectivity index (χ1) is 19.4. The molecule has 0 heterocycles. The van der Waals surface area contributed by atoms with E-state index >= 15 is 0 Å². The van der Waals surface area contributed by atoms with E-state index in [-0.39, 0.29) is 67.3 Å². The van der Waals surface area contributed by atoms with Gasteiger partial charge in [0.05, 0.1) is 12.6 Å². The number of nitrogens with zero attached hydrogens (tertiary/aromatic N) is 1. The van der Waals surface area contributed by atoms with Crippen molar-refractivity contribution in [3.8, 4) is 0 Å². The molecule has 2 fully saturated rings. The predicted octanol–water partition coefficient (Wildman–Crippen LogP) is 5.78. The van der Waals surface area contributed by atoms with Crippen LogP contribution in [0.1, 0.15) is 84.5 Å². The molecule has 234 valence electrons. The Morgan fingerprint density at radius 3 is 2.29 bits per heavy atom. The number of amides is 2. The minimum atomic E-state index is -4.39. The molecule has 0 saturated heterocycles. The van der Waals surface area contributed by atoms with E-state index in [0.29, 0.717) is 56.7 Å². The predicted molar refractivity (Wildman–Crippen MR) is 153 cm³/mol. The molecule has 2 rings (SSSR count). The van der Waals surface area contributed by atoms with Crippen LogP contribution in [-0.2, 0) is 9.53 Å². The largest absolute Gasteiger partial charge is 0.450 e. The molecule has 2 aliphatic rings. The molecule has 41 heavy (non-hydrogen) atoms. The minimum Gasteiger partial charge on any atom is -0.450 e. The number of carbonyl (C=O) groups is 2. The van der Waals surface area contributed by atoms with Gasteiger partial charge in [0.2, 0.25) is 0 Å². The van der Waals surface area contributed by atoms with Gasteiger partial charge in [0.15, 0.2) is 5.96 Å². The highest BCUT2D eigenvalue weighted by Gasteiger charge is 2.29. The molecule has 0 aromatic carbocycles. The molecule has 13 heteroatoms. The average Bonchev–Trinajstić information content (AvgIpc) is 2.86. The van der Waals surface area contributed by atoms with Crippen molar-refractivity contribution >= 4 is 29.6 Å². The van der Waals surface area contributed by atoms with Gasteiger partial charge in [-0.25, -0.2) is 14.2 Å². The molecule has 0 radical (unpaired) electrons. The molecule has 3 atom stereocenters. The molecule has 4 N–H and O–H groups in total. The van der Waals surface area contributed by atoms with Crippen molar-refractivity contribution in [2.75, 3.05) is 13.7 Å². The van der Waals surface area contributed by atoms with Crippen molar-refractivity contribution in [3.05, 3.63) is 23.4 Å². The zero-order valence-corrected chi connectivity index (χ0v) is 24.8. The molecule has 0 spiro atoms. The molecule has 2 amide bonds. The molecule has 0 aliphatic heterocycles. The first kappa shape index (κ1) is 34.7. The summed E-state index contributed by atoms with van der Waals surface area (Å²) in [5.41, 5.74) is 0.742. The van der Waals surface area contributed by atoms with Crippen molar-refractivity contribution in [3.63, 3.8) is 0 Å². The number of alkyl halides is 5. The quantitative estimate of drug-likeness (QED) is 0.0594. The molecule has 0 aromatic rings. The molecule has 0 aromatic heterocycles. The lowest BCUT2D eigenvalue weighted by Crippen LogP contribution is -2.49. The number of alkyl carbamates (subject to hydrolysis) is 1. The third kappa shape index (κ3) is 14.3. The third-order valence-corrected chi connectivity index (χ3v) is 7.42. The van der Waals surface area contributed by atoms with Gasteiger partial charge in [0.25, 0.3) is 5.91 Å². The van der Waals surface area contributed by atoms with Crippen LogP contribution in [0.3, 0.4) is 0 Å². The van der Waals surface area contributed by atoms with Crippen molar-refractivity contribution < 1.29 is 31.9 Å². The summed E-state index contributed by atoms with van der Waals surface area (Å²) in [6, 6.07) is -0.482. The summed E-state index contributed by atoms with van der Waals surface area (Å²) in [6.45, 7) is 3.84. The van der Waals surface area contributed by atoms with Crippen LogP contribution in [0.4, 0.5) is 22.4 Å². The Labute approximate surface area is 245 Å². The van der Waals surface area contributed by atoms with Crippen LogP contribution in [-0.4, -0.2) is 67.5 Å².